The van der Waals surface area contributed by atoms with Gasteiger partial charge < -0.3 is 14.4 Å². The van der Waals surface area contributed by atoms with Gasteiger partial charge in [-0.05, 0) is 85.1 Å². The van der Waals surface area contributed by atoms with Crippen LogP contribution in [0.2, 0.25) is 5.02 Å². The molecule has 3 aromatic rings. The third kappa shape index (κ3) is 4.89. The Hall–Kier alpha value is -3.02. The lowest BCUT2D eigenvalue weighted by Crippen LogP contribution is -2.46. The van der Waals surface area contributed by atoms with Crippen LogP contribution in [0.15, 0.2) is 66.7 Å². The third-order valence-electron chi connectivity index (χ3n) is 7.45. The Kier molecular flexibility index (Phi) is 6.72. The highest BCUT2D eigenvalue weighted by atomic mass is 35.5. The lowest BCUT2D eigenvalue weighted by molar-refractivity contribution is -0.118. The van der Waals surface area contributed by atoms with Gasteiger partial charge in [-0.1, -0.05) is 35.9 Å². The zero-order valence-corrected chi connectivity index (χ0v) is 21.1. The number of piperidine rings is 1. The zero-order valence-electron chi connectivity index (χ0n) is 20.3. The molecular formula is C29H31ClN2O3. The fourth-order valence-corrected chi connectivity index (χ4v) is 5.68. The summed E-state index contributed by atoms with van der Waals surface area (Å²) < 4.78 is 10.8. The SMILES string of the molecule is COc1ccc(CC(=O)N2CC3(CCN(Cc4cccc(Cl)c4)CC3)c3cc(OC)ccc32)cc1. The molecule has 2 aliphatic rings. The Morgan fingerprint density at radius 3 is 2.31 bits per heavy atom. The first-order chi connectivity index (χ1) is 17.0. The maximum Gasteiger partial charge on any atom is 0.231 e. The van der Waals surface area contributed by atoms with Crippen molar-refractivity contribution in [1.29, 1.82) is 0 Å². The lowest BCUT2D eigenvalue weighted by Gasteiger charge is -2.40. The van der Waals surface area contributed by atoms with Gasteiger partial charge in [0.2, 0.25) is 5.91 Å². The van der Waals surface area contributed by atoms with Crippen LogP contribution < -0.4 is 14.4 Å². The number of benzene rings is 3. The van der Waals surface area contributed by atoms with Gasteiger partial charge in [-0.2, -0.15) is 0 Å². The summed E-state index contributed by atoms with van der Waals surface area (Å²) in [5, 5.41) is 0.777. The summed E-state index contributed by atoms with van der Waals surface area (Å²) in [7, 11) is 3.35. The molecule has 182 valence electrons. The number of carbonyl (C=O) groups excluding carboxylic acids is 1. The van der Waals surface area contributed by atoms with Crippen LogP contribution in [0, 0.1) is 0 Å². The second kappa shape index (κ2) is 9.92. The summed E-state index contributed by atoms with van der Waals surface area (Å²) in [6.45, 7) is 3.56. The number of methoxy groups -OCH3 is 2. The van der Waals surface area contributed by atoms with Crippen LogP contribution in [0.1, 0.15) is 29.5 Å². The molecule has 0 aromatic heterocycles. The number of carbonyl (C=O) groups is 1. The number of halogens is 1. The number of anilines is 1. The molecule has 0 saturated carbocycles. The van der Waals surface area contributed by atoms with Crippen LogP contribution in [0.3, 0.4) is 0 Å². The van der Waals surface area contributed by atoms with Crippen molar-refractivity contribution >= 4 is 23.2 Å². The van der Waals surface area contributed by atoms with Gasteiger partial charge in [-0.25, -0.2) is 0 Å². The van der Waals surface area contributed by atoms with E-state index >= 15 is 0 Å². The van der Waals surface area contributed by atoms with E-state index in [-0.39, 0.29) is 11.3 Å². The number of rotatable bonds is 6. The number of amides is 1. The minimum Gasteiger partial charge on any atom is -0.497 e. The van der Waals surface area contributed by atoms with Crippen LogP contribution in [0.5, 0.6) is 11.5 Å². The van der Waals surface area contributed by atoms with Crippen molar-refractivity contribution in [3.05, 3.63) is 88.4 Å². The number of ether oxygens (including phenoxy) is 2. The quantitative estimate of drug-likeness (QED) is 0.459. The summed E-state index contributed by atoms with van der Waals surface area (Å²) in [4.78, 5) is 18.0. The van der Waals surface area contributed by atoms with Gasteiger partial charge in [0.05, 0.1) is 20.6 Å². The Morgan fingerprint density at radius 2 is 1.63 bits per heavy atom. The Balaban J connectivity index is 1.34. The number of nitrogens with zero attached hydrogens (tertiary/aromatic N) is 2. The average molecular weight is 491 g/mol. The van der Waals surface area contributed by atoms with Crippen molar-refractivity contribution in [2.45, 2.75) is 31.2 Å². The molecule has 0 unspecified atom stereocenters. The fourth-order valence-electron chi connectivity index (χ4n) is 5.47. The van der Waals surface area contributed by atoms with Crippen LogP contribution in [0.25, 0.3) is 0 Å². The van der Waals surface area contributed by atoms with Crippen molar-refractivity contribution in [2.24, 2.45) is 0 Å². The largest absolute Gasteiger partial charge is 0.497 e. The fraction of sp³-hybridized carbons (Fsp3) is 0.345. The van der Waals surface area contributed by atoms with Crippen LogP contribution in [0.4, 0.5) is 5.69 Å². The predicted molar refractivity (Wildman–Crippen MR) is 140 cm³/mol. The molecule has 0 radical (unpaired) electrons. The van der Waals surface area contributed by atoms with E-state index in [1.807, 2.05) is 59.5 Å². The van der Waals surface area contributed by atoms with Gasteiger partial charge in [-0.15, -0.1) is 0 Å². The Morgan fingerprint density at radius 1 is 0.914 bits per heavy atom. The highest BCUT2D eigenvalue weighted by Crippen LogP contribution is 2.48. The molecule has 1 fully saturated rings. The molecule has 0 aliphatic carbocycles. The van der Waals surface area contributed by atoms with Gasteiger partial charge in [0.1, 0.15) is 11.5 Å². The third-order valence-corrected chi connectivity index (χ3v) is 7.69. The molecule has 6 heteroatoms. The second-order valence-corrected chi connectivity index (χ2v) is 10.0. The summed E-state index contributed by atoms with van der Waals surface area (Å²) in [6, 6.07) is 22.0. The van der Waals surface area contributed by atoms with Gasteiger partial charge in [0, 0.05) is 29.2 Å². The minimum atomic E-state index is -0.0513. The standard InChI is InChI=1S/C29H31ClN2O3/c1-34-24-8-6-21(7-9-24)17-28(33)32-20-29(26-18-25(35-2)10-11-27(26)32)12-14-31(15-13-29)19-22-4-3-5-23(30)16-22/h3-11,16,18H,12-15,17,19-20H2,1-2H3. The first-order valence-electron chi connectivity index (χ1n) is 12.1. The van der Waals surface area contributed by atoms with E-state index in [1.165, 1.54) is 11.1 Å². The van der Waals surface area contributed by atoms with Crippen LogP contribution in [-0.4, -0.2) is 44.7 Å². The second-order valence-electron chi connectivity index (χ2n) is 9.57. The molecule has 5 rings (SSSR count). The first-order valence-corrected chi connectivity index (χ1v) is 12.5. The number of hydrogen-bond donors (Lipinski definition) is 0. The van der Waals surface area contributed by atoms with E-state index in [9.17, 15) is 4.79 Å². The van der Waals surface area contributed by atoms with Crippen molar-refractivity contribution < 1.29 is 14.3 Å². The van der Waals surface area contributed by atoms with E-state index in [0.717, 1.165) is 66.8 Å². The maximum absolute atomic E-state index is 13.5. The Labute approximate surface area is 212 Å². The van der Waals surface area contributed by atoms with E-state index in [0.29, 0.717) is 6.42 Å². The minimum absolute atomic E-state index is 0.0513. The monoisotopic (exact) mass is 490 g/mol. The normalized spacial score (nSPS) is 16.8. The number of hydrogen-bond acceptors (Lipinski definition) is 4. The van der Waals surface area contributed by atoms with E-state index in [1.54, 1.807) is 14.2 Å². The van der Waals surface area contributed by atoms with E-state index < -0.39 is 0 Å². The molecule has 1 amide bonds. The highest BCUT2D eigenvalue weighted by Gasteiger charge is 2.46. The molecule has 2 aliphatic heterocycles. The smallest absolute Gasteiger partial charge is 0.231 e. The maximum atomic E-state index is 13.5. The molecule has 3 aromatic carbocycles. The number of likely N-dealkylation sites (tertiary alicyclic amines) is 1. The van der Waals surface area contributed by atoms with Gasteiger partial charge in [0.25, 0.3) is 0 Å². The zero-order chi connectivity index (χ0) is 24.4. The van der Waals surface area contributed by atoms with E-state index in [2.05, 4.69) is 17.0 Å². The lowest BCUT2D eigenvalue weighted by atomic mass is 9.74. The van der Waals surface area contributed by atoms with Gasteiger partial charge in [-0.3, -0.25) is 9.69 Å². The first kappa shape index (κ1) is 23.7. The topological polar surface area (TPSA) is 42.0 Å². The van der Waals surface area contributed by atoms with Crippen LogP contribution >= 0.6 is 11.6 Å². The van der Waals surface area contributed by atoms with Crippen molar-refractivity contribution in [1.82, 2.24) is 4.90 Å². The molecule has 35 heavy (non-hydrogen) atoms. The molecule has 5 nitrogen and oxygen atoms in total. The van der Waals surface area contributed by atoms with Crippen molar-refractivity contribution in [2.75, 3.05) is 38.8 Å². The highest BCUT2D eigenvalue weighted by molar-refractivity contribution is 6.30. The molecule has 0 N–H and O–H groups in total. The predicted octanol–water partition coefficient (Wildman–Crippen LogP) is 5.48. The molecule has 0 bridgehead atoms. The van der Waals surface area contributed by atoms with Gasteiger partial charge >= 0.3 is 0 Å². The summed E-state index contributed by atoms with van der Waals surface area (Å²) in [5.74, 6) is 1.76. The number of fused-ring (bicyclic) bond motifs is 2. The summed E-state index contributed by atoms with van der Waals surface area (Å²) in [5.41, 5.74) is 4.43. The van der Waals surface area contributed by atoms with Crippen LogP contribution in [-0.2, 0) is 23.2 Å². The molecule has 1 saturated heterocycles. The van der Waals surface area contributed by atoms with Gasteiger partial charge in [0.15, 0.2) is 0 Å². The molecular weight excluding hydrogens is 460 g/mol. The Bertz CT molecular complexity index is 1200. The van der Waals surface area contributed by atoms with Crippen molar-refractivity contribution in [3.63, 3.8) is 0 Å². The van der Waals surface area contributed by atoms with E-state index in [4.69, 9.17) is 21.1 Å². The molecule has 0 atom stereocenters. The summed E-state index contributed by atoms with van der Waals surface area (Å²) in [6.07, 6.45) is 2.37. The molecule has 2 heterocycles. The molecule has 1 spiro atoms. The van der Waals surface area contributed by atoms with Crippen molar-refractivity contribution in [3.8, 4) is 11.5 Å². The summed E-state index contributed by atoms with van der Waals surface area (Å²) >= 11 is 6.19. The average Bonchev–Trinajstić information content (AvgIpc) is 3.19.